The van der Waals surface area contributed by atoms with Crippen LogP contribution in [0.25, 0.3) is 5.65 Å². The first-order valence-corrected chi connectivity index (χ1v) is 10.9. The zero-order valence-corrected chi connectivity index (χ0v) is 19.8. The van der Waals surface area contributed by atoms with Crippen LogP contribution in [-0.2, 0) is 4.74 Å². The van der Waals surface area contributed by atoms with E-state index >= 15 is 0 Å². The van der Waals surface area contributed by atoms with Gasteiger partial charge in [0.25, 0.3) is 11.5 Å². The average molecular weight is 479 g/mol. The monoisotopic (exact) mass is 478 g/mol. The number of primary amides is 1. The maximum Gasteiger partial charge on any atom is 0.414 e. The van der Waals surface area contributed by atoms with Crippen LogP contribution in [0.5, 0.6) is 0 Å². The third-order valence-corrected chi connectivity index (χ3v) is 5.11. The van der Waals surface area contributed by atoms with Crippen molar-refractivity contribution in [3.05, 3.63) is 58.8 Å². The molecule has 0 spiro atoms. The summed E-state index contributed by atoms with van der Waals surface area (Å²) in [5.74, 6) is -0.566. The Bertz CT molecular complexity index is 1410. The molecular formula is C23H26N8O4. The topological polar surface area (TPSA) is 149 Å². The Morgan fingerprint density at radius 3 is 2.74 bits per heavy atom. The van der Waals surface area contributed by atoms with Gasteiger partial charge < -0.3 is 15.8 Å². The number of fused-ring (bicyclic) bond motifs is 1. The number of amides is 2. The van der Waals surface area contributed by atoms with E-state index in [2.05, 4.69) is 20.4 Å². The molecule has 0 aromatic carbocycles. The van der Waals surface area contributed by atoms with Gasteiger partial charge in [0.2, 0.25) is 0 Å². The molecule has 2 amide bonds. The smallest absolute Gasteiger partial charge is 0.414 e. The molecule has 35 heavy (non-hydrogen) atoms. The van der Waals surface area contributed by atoms with Gasteiger partial charge >= 0.3 is 6.09 Å². The van der Waals surface area contributed by atoms with Gasteiger partial charge in [-0.25, -0.2) is 14.3 Å². The lowest BCUT2D eigenvalue weighted by atomic mass is 10.2. The van der Waals surface area contributed by atoms with Crippen molar-refractivity contribution in [1.82, 2.24) is 19.2 Å². The molecule has 0 bridgehead atoms. The summed E-state index contributed by atoms with van der Waals surface area (Å²) < 4.78 is 8.20. The van der Waals surface area contributed by atoms with Crippen molar-refractivity contribution < 1.29 is 14.3 Å². The number of allylic oxidation sites excluding steroid dienone is 1. The van der Waals surface area contributed by atoms with Gasteiger partial charge in [0.05, 0.1) is 11.9 Å². The molecule has 3 aromatic rings. The van der Waals surface area contributed by atoms with Gasteiger partial charge in [-0.15, -0.1) is 5.10 Å². The van der Waals surface area contributed by atoms with E-state index in [-0.39, 0.29) is 34.6 Å². The number of imidazole rings is 1. The van der Waals surface area contributed by atoms with Gasteiger partial charge in [0.15, 0.2) is 11.5 Å². The van der Waals surface area contributed by atoms with Gasteiger partial charge in [-0.1, -0.05) is 6.08 Å². The fourth-order valence-electron chi connectivity index (χ4n) is 3.49. The molecule has 4 rings (SSSR count). The van der Waals surface area contributed by atoms with Crippen LogP contribution in [0.2, 0.25) is 0 Å². The van der Waals surface area contributed by atoms with Crippen molar-refractivity contribution in [2.75, 3.05) is 17.3 Å². The standard InChI is InChI=1S/C23H26N8O4/c1-23(2,3)35-22(34)29(4)15-12-17(28-31-16(19(24)32)13-26-20(15)31)27-14-8-7-11-30(21(14)33)18-9-5-6-10-25-18/h5-8,10-13,18H,9H2,1-4H3,(H2,24,32)(H,27,28). The molecule has 3 aromatic heterocycles. The van der Waals surface area contributed by atoms with Crippen LogP contribution < -0.4 is 21.5 Å². The minimum absolute atomic E-state index is 0.0105. The Kier molecular flexibility index (Phi) is 6.12. The number of hydrogen-bond acceptors (Lipinski definition) is 8. The Hall–Kier alpha value is -4.48. The summed E-state index contributed by atoms with van der Waals surface area (Å²) in [6.07, 6.45) is 7.94. The summed E-state index contributed by atoms with van der Waals surface area (Å²) in [5.41, 5.74) is 5.20. The molecule has 0 aliphatic carbocycles. The molecule has 0 saturated carbocycles. The predicted octanol–water partition coefficient (Wildman–Crippen LogP) is 2.63. The maximum atomic E-state index is 13.1. The van der Waals surface area contributed by atoms with Gasteiger partial charge in [-0.3, -0.25) is 24.0 Å². The molecule has 1 unspecified atom stereocenters. The van der Waals surface area contributed by atoms with Crippen molar-refractivity contribution in [1.29, 1.82) is 0 Å². The molecule has 4 heterocycles. The minimum atomic E-state index is -0.752. The number of nitrogens with one attached hydrogen (secondary N) is 1. The summed E-state index contributed by atoms with van der Waals surface area (Å²) >= 11 is 0. The van der Waals surface area contributed by atoms with Crippen LogP contribution in [0.1, 0.15) is 43.8 Å². The molecule has 1 atom stereocenters. The van der Waals surface area contributed by atoms with Crippen molar-refractivity contribution in [3.8, 4) is 0 Å². The second-order valence-corrected chi connectivity index (χ2v) is 8.90. The highest BCUT2D eigenvalue weighted by molar-refractivity contribution is 5.96. The number of nitrogens with two attached hydrogens (primary N) is 1. The second-order valence-electron chi connectivity index (χ2n) is 8.90. The number of dihydropyridines is 1. The van der Waals surface area contributed by atoms with Crippen LogP contribution in [-0.4, -0.2) is 50.0 Å². The highest BCUT2D eigenvalue weighted by atomic mass is 16.6. The summed E-state index contributed by atoms with van der Waals surface area (Å²) in [5, 5.41) is 7.37. The maximum absolute atomic E-state index is 13.1. The third-order valence-electron chi connectivity index (χ3n) is 5.11. The summed E-state index contributed by atoms with van der Waals surface area (Å²) in [4.78, 5) is 47.6. The number of rotatable bonds is 5. The number of anilines is 3. The highest BCUT2D eigenvalue weighted by Gasteiger charge is 2.25. The molecule has 0 saturated heterocycles. The average Bonchev–Trinajstić information content (AvgIpc) is 3.23. The largest absolute Gasteiger partial charge is 0.443 e. The molecule has 1 aliphatic heterocycles. The lowest BCUT2D eigenvalue weighted by molar-refractivity contribution is 0.0589. The molecular weight excluding hydrogens is 452 g/mol. The van der Waals surface area contributed by atoms with Crippen molar-refractivity contribution in [3.63, 3.8) is 0 Å². The number of aromatic nitrogens is 4. The second kappa shape index (κ2) is 9.05. The highest BCUT2D eigenvalue weighted by Crippen LogP contribution is 2.26. The molecule has 1 aliphatic rings. The van der Waals surface area contributed by atoms with E-state index in [0.29, 0.717) is 12.1 Å². The number of nitrogens with zero attached hydrogens (tertiary/aromatic N) is 6. The van der Waals surface area contributed by atoms with Gasteiger partial charge in [0.1, 0.15) is 23.1 Å². The molecule has 182 valence electrons. The number of carbonyl (C=O) groups excluding carboxylic acids is 2. The molecule has 0 fully saturated rings. The van der Waals surface area contributed by atoms with Gasteiger partial charge in [-0.05, 0) is 39.0 Å². The molecule has 3 N–H and O–H groups in total. The van der Waals surface area contributed by atoms with Crippen LogP contribution in [0.15, 0.2) is 52.5 Å². The normalized spacial score (nSPS) is 15.3. The van der Waals surface area contributed by atoms with E-state index in [1.165, 1.54) is 33.3 Å². The Morgan fingerprint density at radius 2 is 2.09 bits per heavy atom. The first kappa shape index (κ1) is 23.7. The first-order chi connectivity index (χ1) is 16.5. The van der Waals surface area contributed by atoms with E-state index in [9.17, 15) is 14.4 Å². The van der Waals surface area contributed by atoms with Gasteiger partial charge in [-0.2, -0.15) is 0 Å². The van der Waals surface area contributed by atoms with Crippen LogP contribution in [0, 0.1) is 0 Å². The number of pyridine rings is 1. The van der Waals surface area contributed by atoms with Crippen molar-refractivity contribution >= 4 is 41.1 Å². The summed E-state index contributed by atoms with van der Waals surface area (Å²) in [6, 6.07) is 4.86. The lowest BCUT2D eigenvalue weighted by Crippen LogP contribution is -2.34. The van der Waals surface area contributed by atoms with Crippen LogP contribution >= 0.6 is 0 Å². The van der Waals surface area contributed by atoms with E-state index in [1.807, 2.05) is 12.2 Å². The quantitative estimate of drug-likeness (QED) is 0.572. The third kappa shape index (κ3) is 4.90. The Morgan fingerprint density at radius 1 is 1.31 bits per heavy atom. The summed E-state index contributed by atoms with van der Waals surface area (Å²) in [6.45, 7) is 5.25. The predicted molar refractivity (Wildman–Crippen MR) is 131 cm³/mol. The van der Waals surface area contributed by atoms with E-state index in [4.69, 9.17) is 10.5 Å². The number of ether oxygens (including phenoxy) is 1. The molecule has 12 nitrogen and oxygen atoms in total. The van der Waals surface area contributed by atoms with E-state index in [0.717, 1.165) is 0 Å². The zero-order chi connectivity index (χ0) is 25.3. The minimum Gasteiger partial charge on any atom is -0.443 e. The van der Waals surface area contributed by atoms with Crippen LogP contribution in [0.4, 0.5) is 22.0 Å². The van der Waals surface area contributed by atoms with Crippen LogP contribution in [0.3, 0.4) is 0 Å². The number of carbonyl (C=O) groups is 2. The van der Waals surface area contributed by atoms with Crippen molar-refractivity contribution in [2.24, 2.45) is 10.7 Å². The van der Waals surface area contributed by atoms with Gasteiger partial charge in [0, 0.05) is 31.9 Å². The lowest BCUT2D eigenvalue weighted by Gasteiger charge is -2.25. The molecule has 0 radical (unpaired) electrons. The number of aliphatic imine (C=N–C) groups is 1. The molecule has 12 heteroatoms. The van der Waals surface area contributed by atoms with E-state index < -0.39 is 17.6 Å². The first-order valence-electron chi connectivity index (χ1n) is 10.9. The fourth-order valence-corrected chi connectivity index (χ4v) is 3.49. The van der Waals surface area contributed by atoms with Crippen molar-refractivity contribution in [2.45, 2.75) is 39.0 Å². The summed E-state index contributed by atoms with van der Waals surface area (Å²) in [7, 11) is 1.51. The SMILES string of the molecule is CN(C(=O)OC(C)(C)C)c1cc(Nc2cccn(C3CC=CC=N3)c2=O)nn2c(C(N)=O)cnc12. The zero-order valence-electron chi connectivity index (χ0n) is 19.8. The Labute approximate surface area is 200 Å². The fraction of sp³-hybridized carbons (Fsp3) is 0.304. The van der Waals surface area contributed by atoms with E-state index in [1.54, 1.807) is 45.3 Å². The number of hydrogen-bond donors (Lipinski definition) is 2. The Balaban J connectivity index is 1.77.